The second-order valence-electron chi connectivity index (χ2n) is 7.66. The Kier molecular flexibility index (Phi) is 4.91. The fourth-order valence-electron chi connectivity index (χ4n) is 3.89. The summed E-state index contributed by atoms with van der Waals surface area (Å²) in [6, 6.07) is 8.78. The molecule has 32 heavy (non-hydrogen) atoms. The van der Waals surface area contributed by atoms with E-state index >= 15 is 0 Å². The number of carbonyl (C=O) groups is 1. The molecule has 0 aliphatic carbocycles. The molecule has 0 aromatic carbocycles. The van der Waals surface area contributed by atoms with Gasteiger partial charge < -0.3 is 14.6 Å². The first-order valence-corrected chi connectivity index (χ1v) is 10.1. The highest BCUT2D eigenvalue weighted by Gasteiger charge is 2.38. The number of nitrogens with one attached hydrogen (secondary N) is 1. The molecule has 1 saturated heterocycles. The summed E-state index contributed by atoms with van der Waals surface area (Å²) in [7, 11) is 0. The summed E-state index contributed by atoms with van der Waals surface area (Å²) in [5.41, 5.74) is 1.62. The van der Waals surface area contributed by atoms with Crippen LogP contribution in [0.25, 0.3) is 11.3 Å². The number of hydrogen-bond acceptors (Lipinski definition) is 6. The number of amides is 1. The highest BCUT2D eigenvalue weighted by Crippen LogP contribution is 2.28. The predicted molar refractivity (Wildman–Crippen MR) is 108 cm³/mol. The number of alkyl halides is 3. The molecule has 4 aromatic rings. The van der Waals surface area contributed by atoms with Crippen LogP contribution < -0.4 is 10.2 Å². The Hall–Kier alpha value is -3.70. The second kappa shape index (κ2) is 7.77. The van der Waals surface area contributed by atoms with E-state index in [0.717, 1.165) is 11.3 Å². The maximum absolute atomic E-state index is 13.1. The smallest absolute Gasteiger partial charge is 0.355 e. The van der Waals surface area contributed by atoms with Gasteiger partial charge in [0.1, 0.15) is 11.5 Å². The van der Waals surface area contributed by atoms with Gasteiger partial charge in [-0.1, -0.05) is 6.07 Å². The molecule has 1 aliphatic heterocycles. The van der Waals surface area contributed by atoms with Crippen LogP contribution in [0.5, 0.6) is 0 Å². The van der Waals surface area contributed by atoms with Gasteiger partial charge in [0.25, 0.3) is 5.82 Å². The summed E-state index contributed by atoms with van der Waals surface area (Å²) < 4.78 is 41.9. The number of fused-ring (bicyclic) bond motifs is 2. The lowest BCUT2D eigenvalue weighted by Gasteiger charge is -2.32. The molecule has 4 aromatic heterocycles. The van der Waals surface area contributed by atoms with Gasteiger partial charge in [0.05, 0.1) is 12.2 Å². The zero-order chi connectivity index (χ0) is 22.3. The maximum Gasteiger partial charge on any atom is 0.453 e. The van der Waals surface area contributed by atoms with Crippen LogP contribution in [-0.2, 0) is 17.5 Å². The Labute approximate surface area is 179 Å². The highest BCUT2D eigenvalue weighted by molar-refractivity contribution is 5.79. The van der Waals surface area contributed by atoms with Crippen LogP contribution in [0.15, 0.2) is 42.7 Å². The SMILES string of the molecule is O=C(NCc1cn2ccccc2n1)C1CCN(c2ccc3nnc(C(F)(F)F)n3n2)CC1. The van der Waals surface area contributed by atoms with Crippen molar-refractivity contribution < 1.29 is 18.0 Å². The van der Waals surface area contributed by atoms with Crippen LogP contribution in [0.3, 0.4) is 0 Å². The number of halogens is 3. The molecule has 0 bridgehead atoms. The van der Waals surface area contributed by atoms with Crippen LogP contribution in [0.4, 0.5) is 19.0 Å². The van der Waals surface area contributed by atoms with Gasteiger partial charge in [-0.15, -0.1) is 15.3 Å². The number of imidazole rings is 1. The minimum atomic E-state index is -4.64. The number of nitrogens with zero attached hydrogens (tertiary/aromatic N) is 7. The highest BCUT2D eigenvalue weighted by atomic mass is 19.4. The molecule has 1 amide bonds. The standard InChI is InChI=1S/C20H19F3N8O/c21-20(22,23)19-27-26-16-4-5-17(28-31(16)19)29-9-6-13(7-10-29)18(32)24-11-14-12-30-8-2-1-3-15(30)25-14/h1-5,8,12-13H,6-7,9-11H2,(H,24,32). The van der Waals surface area contributed by atoms with Crippen molar-refractivity contribution in [3.8, 4) is 0 Å². The van der Waals surface area contributed by atoms with E-state index in [4.69, 9.17) is 0 Å². The molecule has 1 aliphatic rings. The monoisotopic (exact) mass is 444 g/mol. The van der Waals surface area contributed by atoms with Crippen LogP contribution in [0.1, 0.15) is 24.4 Å². The molecule has 0 spiro atoms. The number of rotatable bonds is 4. The quantitative estimate of drug-likeness (QED) is 0.520. The average molecular weight is 444 g/mol. The van der Waals surface area contributed by atoms with E-state index in [2.05, 4.69) is 25.6 Å². The van der Waals surface area contributed by atoms with Gasteiger partial charge in [0.2, 0.25) is 5.91 Å². The molecular weight excluding hydrogens is 425 g/mol. The van der Waals surface area contributed by atoms with Gasteiger partial charge in [0, 0.05) is 31.4 Å². The van der Waals surface area contributed by atoms with Gasteiger partial charge in [-0.05, 0) is 37.1 Å². The summed E-state index contributed by atoms with van der Waals surface area (Å²) >= 11 is 0. The maximum atomic E-state index is 13.1. The lowest BCUT2D eigenvalue weighted by molar-refractivity contribution is -0.146. The third-order valence-electron chi connectivity index (χ3n) is 5.55. The van der Waals surface area contributed by atoms with Crippen molar-refractivity contribution in [2.24, 2.45) is 5.92 Å². The topological polar surface area (TPSA) is 92.7 Å². The van der Waals surface area contributed by atoms with E-state index in [1.807, 2.05) is 39.9 Å². The fourth-order valence-corrected chi connectivity index (χ4v) is 3.89. The molecule has 1 fully saturated rings. The first-order valence-electron chi connectivity index (χ1n) is 10.1. The first-order chi connectivity index (χ1) is 15.4. The molecule has 9 nitrogen and oxygen atoms in total. The third kappa shape index (κ3) is 3.83. The van der Waals surface area contributed by atoms with E-state index in [1.54, 1.807) is 6.07 Å². The van der Waals surface area contributed by atoms with Crippen LogP contribution in [0.2, 0.25) is 0 Å². The third-order valence-corrected chi connectivity index (χ3v) is 5.55. The van der Waals surface area contributed by atoms with Gasteiger partial charge >= 0.3 is 6.18 Å². The number of pyridine rings is 1. The van der Waals surface area contributed by atoms with Gasteiger partial charge in [-0.2, -0.15) is 17.7 Å². The van der Waals surface area contributed by atoms with Crippen molar-refractivity contribution in [2.45, 2.75) is 25.6 Å². The van der Waals surface area contributed by atoms with Crippen molar-refractivity contribution >= 4 is 23.0 Å². The van der Waals surface area contributed by atoms with E-state index in [9.17, 15) is 18.0 Å². The van der Waals surface area contributed by atoms with Crippen molar-refractivity contribution in [3.63, 3.8) is 0 Å². The van der Waals surface area contributed by atoms with Crippen molar-refractivity contribution in [3.05, 3.63) is 54.2 Å². The summed E-state index contributed by atoms with van der Waals surface area (Å²) in [6.45, 7) is 1.36. The Morgan fingerprint density at radius 1 is 1.09 bits per heavy atom. The molecular formula is C20H19F3N8O. The number of anilines is 1. The van der Waals surface area contributed by atoms with Crippen LogP contribution >= 0.6 is 0 Å². The lowest BCUT2D eigenvalue weighted by atomic mass is 9.96. The zero-order valence-electron chi connectivity index (χ0n) is 16.8. The molecule has 166 valence electrons. The number of hydrogen-bond donors (Lipinski definition) is 1. The van der Waals surface area contributed by atoms with Crippen molar-refractivity contribution in [1.82, 2.24) is 34.5 Å². The molecule has 5 rings (SSSR count). The summed E-state index contributed by atoms with van der Waals surface area (Å²) in [5.74, 6) is -0.988. The molecule has 0 radical (unpaired) electrons. The molecule has 0 atom stereocenters. The Bertz CT molecular complexity index is 1240. The van der Waals surface area contributed by atoms with Crippen molar-refractivity contribution in [1.29, 1.82) is 0 Å². The average Bonchev–Trinajstić information content (AvgIpc) is 3.40. The minimum Gasteiger partial charge on any atom is -0.355 e. The van der Waals surface area contributed by atoms with Crippen LogP contribution in [0, 0.1) is 5.92 Å². The van der Waals surface area contributed by atoms with Gasteiger partial charge in [-0.25, -0.2) is 4.98 Å². The van der Waals surface area contributed by atoms with Gasteiger partial charge in [-0.3, -0.25) is 4.79 Å². The van der Waals surface area contributed by atoms with Crippen LogP contribution in [-0.4, -0.2) is 48.2 Å². The van der Waals surface area contributed by atoms with E-state index in [0.29, 0.717) is 42.8 Å². The van der Waals surface area contributed by atoms with Gasteiger partial charge in [0.15, 0.2) is 5.65 Å². The summed E-state index contributed by atoms with van der Waals surface area (Å²) in [5, 5.41) is 13.7. The number of carbonyl (C=O) groups excluding carboxylic acids is 1. The van der Waals surface area contributed by atoms with Crippen molar-refractivity contribution in [2.75, 3.05) is 18.0 Å². The number of piperidine rings is 1. The molecule has 0 saturated carbocycles. The molecule has 5 heterocycles. The largest absolute Gasteiger partial charge is 0.453 e. The molecule has 12 heteroatoms. The Balaban J connectivity index is 1.20. The predicted octanol–water partition coefficient (Wildman–Crippen LogP) is 2.32. The normalized spacial score (nSPS) is 15.5. The van der Waals surface area contributed by atoms with E-state index in [-0.39, 0.29) is 17.5 Å². The number of aromatic nitrogens is 6. The summed E-state index contributed by atoms with van der Waals surface area (Å²) in [4.78, 5) is 18.9. The van der Waals surface area contributed by atoms with E-state index < -0.39 is 12.0 Å². The minimum absolute atomic E-state index is 0.0299. The zero-order valence-corrected chi connectivity index (χ0v) is 16.8. The lowest BCUT2D eigenvalue weighted by Crippen LogP contribution is -2.40. The van der Waals surface area contributed by atoms with E-state index in [1.165, 1.54) is 6.07 Å². The second-order valence-corrected chi connectivity index (χ2v) is 7.66. The Morgan fingerprint density at radius 3 is 2.66 bits per heavy atom. The Morgan fingerprint density at radius 2 is 1.91 bits per heavy atom. The first kappa shape index (κ1) is 20.2. The molecule has 1 N–H and O–H groups in total. The fraction of sp³-hybridized carbons (Fsp3) is 0.350. The molecule has 0 unspecified atom stereocenters. The summed E-state index contributed by atoms with van der Waals surface area (Å²) in [6.07, 6.45) is 0.277.